The zero-order valence-corrected chi connectivity index (χ0v) is 17.0. The lowest BCUT2D eigenvalue weighted by molar-refractivity contribution is -0.115. The van der Waals surface area contributed by atoms with E-state index in [1.807, 2.05) is 54.6 Å². The number of nitrogens with zero attached hydrogens (tertiary/aromatic N) is 1. The van der Waals surface area contributed by atoms with Gasteiger partial charge in [0, 0.05) is 17.7 Å². The molecule has 0 aliphatic carbocycles. The molecule has 3 N–H and O–H groups in total. The number of H-pyrrole nitrogens is 1. The van der Waals surface area contributed by atoms with Crippen molar-refractivity contribution in [2.45, 2.75) is 12.8 Å². The van der Waals surface area contributed by atoms with Gasteiger partial charge in [-0.15, -0.1) is 5.69 Å². The number of ether oxygens (including phenoxy) is 1. The molecule has 4 rings (SSSR count). The number of aromatic nitrogens is 2. The molecule has 0 spiro atoms. The molecule has 6 nitrogen and oxygen atoms in total. The number of hydrogen-bond donors (Lipinski definition) is 2. The summed E-state index contributed by atoms with van der Waals surface area (Å²) in [5.74, 6) is 0.712. The highest BCUT2D eigenvalue weighted by atomic mass is 16.5. The largest absolute Gasteiger partial charge is 0.699 e. The second-order valence-electron chi connectivity index (χ2n) is 7.18. The van der Waals surface area contributed by atoms with Gasteiger partial charge in [0.25, 0.3) is 0 Å². The molecule has 1 amide bonds. The standard InChI is InChI=1S/C25H23N4O2/c26-20-5-3-4-19(14-20)15-25(30)29-21-10-8-18(9-11-21)12-13-31-24-7-2-1-6-22(24)23-16-27-17-28-23/h1-11,14,16-17,26H,12-13,15H2,(H,27,28)(H,29,30)/q-1. The van der Waals surface area contributed by atoms with Gasteiger partial charge in [0.2, 0.25) is 5.91 Å². The van der Waals surface area contributed by atoms with E-state index in [1.54, 1.807) is 30.7 Å². The summed E-state index contributed by atoms with van der Waals surface area (Å²) in [6.45, 7) is 0.542. The first-order valence-corrected chi connectivity index (χ1v) is 10.1. The van der Waals surface area contributed by atoms with Crippen molar-refractivity contribution >= 4 is 17.3 Å². The minimum atomic E-state index is -0.0999. The summed E-state index contributed by atoms with van der Waals surface area (Å²) >= 11 is 0. The van der Waals surface area contributed by atoms with Crippen LogP contribution < -0.4 is 10.1 Å². The van der Waals surface area contributed by atoms with Crippen molar-refractivity contribution in [3.05, 3.63) is 102 Å². The number of amides is 1. The first kappa shape index (κ1) is 20.2. The van der Waals surface area contributed by atoms with Crippen LogP contribution in [0.4, 0.5) is 11.4 Å². The number of para-hydroxylation sites is 1. The normalized spacial score (nSPS) is 10.6. The second kappa shape index (κ2) is 9.63. The fourth-order valence-electron chi connectivity index (χ4n) is 3.32. The van der Waals surface area contributed by atoms with Crippen LogP contribution in [0.2, 0.25) is 0 Å². The van der Waals surface area contributed by atoms with Gasteiger partial charge in [0.15, 0.2) is 0 Å². The molecular formula is C25H23N4O2-. The van der Waals surface area contributed by atoms with Crippen molar-refractivity contribution in [2.75, 3.05) is 11.9 Å². The fraction of sp³-hybridized carbons (Fsp3) is 0.120. The number of hydrogen-bond acceptors (Lipinski definition) is 3. The van der Waals surface area contributed by atoms with Crippen LogP contribution in [0.3, 0.4) is 0 Å². The van der Waals surface area contributed by atoms with E-state index in [0.717, 1.165) is 40.2 Å². The molecule has 0 unspecified atom stereocenters. The minimum absolute atomic E-state index is 0.0999. The van der Waals surface area contributed by atoms with E-state index < -0.39 is 0 Å². The maximum atomic E-state index is 12.2. The van der Waals surface area contributed by atoms with Gasteiger partial charge in [-0.2, -0.15) is 0 Å². The van der Waals surface area contributed by atoms with Gasteiger partial charge in [-0.25, -0.2) is 4.98 Å². The molecule has 1 aromatic heterocycles. The average Bonchev–Trinajstić information content (AvgIpc) is 3.30. The van der Waals surface area contributed by atoms with E-state index in [2.05, 4.69) is 15.3 Å². The van der Waals surface area contributed by atoms with Gasteiger partial charge >= 0.3 is 0 Å². The van der Waals surface area contributed by atoms with E-state index in [4.69, 9.17) is 10.5 Å². The summed E-state index contributed by atoms with van der Waals surface area (Å²) in [5, 5.41) is 2.90. The molecule has 0 aliphatic rings. The monoisotopic (exact) mass is 411 g/mol. The van der Waals surface area contributed by atoms with Crippen LogP contribution in [0, 0.1) is 0 Å². The van der Waals surface area contributed by atoms with Crippen molar-refractivity contribution in [3.63, 3.8) is 0 Å². The predicted molar refractivity (Wildman–Crippen MR) is 122 cm³/mol. The molecule has 0 atom stereocenters. The van der Waals surface area contributed by atoms with Gasteiger partial charge < -0.3 is 20.8 Å². The number of nitrogens with one attached hydrogen (secondary N) is 3. The number of carbonyl (C=O) groups is 1. The van der Waals surface area contributed by atoms with E-state index in [9.17, 15) is 4.79 Å². The molecule has 3 aromatic carbocycles. The van der Waals surface area contributed by atoms with Crippen LogP contribution in [0.25, 0.3) is 17.0 Å². The number of rotatable bonds is 8. The Morgan fingerprint density at radius 3 is 2.61 bits per heavy atom. The Morgan fingerprint density at radius 2 is 1.84 bits per heavy atom. The Bertz CT molecular complexity index is 1140. The van der Waals surface area contributed by atoms with Gasteiger partial charge in [-0.05, 0) is 35.4 Å². The molecule has 0 fully saturated rings. The van der Waals surface area contributed by atoms with Gasteiger partial charge in [0.05, 0.1) is 31.2 Å². The molecule has 0 bridgehead atoms. The molecule has 0 radical (unpaired) electrons. The zero-order chi connectivity index (χ0) is 21.5. The number of anilines is 1. The molecule has 0 saturated heterocycles. The maximum absolute atomic E-state index is 12.2. The van der Waals surface area contributed by atoms with Crippen molar-refractivity contribution in [1.82, 2.24) is 9.97 Å². The smallest absolute Gasteiger partial charge is 0.228 e. The molecule has 6 heteroatoms. The van der Waals surface area contributed by atoms with Crippen LogP contribution in [0.5, 0.6) is 5.75 Å². The quantitative estimate of drug-likeness (QED) is 0.397. The van der Waals surface area contributed by atoms with E-state index in [0.29, 0.717) is 12.3 Å². The summed E-state index contributed by atoms with van der Waals surface area (Å²) in [6.07, 6.45) is 4.43. The third-order valence-electron chi connectivity index (χ3n) is 4.85. The number of benzene rings is 3. The number of aromatic amines is 1. The molecule has 0 saturated carbocycles. The van der Waals surface area contributed by atoms with Crippen molar-refractivity contribution in [2.24, 2.45) is 0 Å². The highest BCUT2D eigenvalue weighted by Crippen LogP contribution is 2.28. The first-order valence-electron chi connectivity index (χ1n) is 10.1. The van der Waals surface area contributed by atoms with Crippen LogP contribution in [0.1, 0.15) is 11.1 Å². The zero-order valence-electron chi connectivity index (χ0n) is 17.0. The third-order valence-corrected chi connectivity index (χ3v) is 4.85. The van der Waals surface area contributed by atoms with Crippen molar-refractivity contribution in [3.8, 4) is 17.0 Å². The number of imidazole rings is 1. The summed E-state index contributed by atoms with van der Waals surface area (Å²) in [4.78, 5) is 19.4. The lowest BCUT2D eigenvalue weighted by Gasteiger charge is -2.11. The van der Waals surface area contributed by atoms with Crippen LogP contribution in [-0.2, 0) is 17.6 Å². The Kier molecular flexibility index (Phi) is 6.28. The minimum Gasteiger partial charge on any atom is -0.699 e. The lowest BCUT2D eigenvalue weighted by atomic mass is 10.1. The lowest BCUT2D eigenvalue weighted by Crippen LogP contribution is -2.14. The van der Waals surface area contributed by atoms with E-state index >= 15 is 0 Å². The SMILES string of the molecule is [NH-]c1cccc(CC(=O)Nc2ccc(CCOc3ccccc3-c3cnc[nH]3)cc2)c1. The Morgan fingerprint density at radius 1 is 1.00 bits per heavy atom. The summed E-state index contributed by atoms with van der Waals surface area (Å²) in [7, 11) is 0. The first-order chi connectivity index (χ1) is 15.2. The molecule has 0 aliphatic heterocycles. The van der Waals surface area contributed by atoms with Crippen molar-refractivity contribution in [1.29, 1.82) is 0 Å². The molecule has 4 aromatic rings. The maximum Gasteiger partial charge on any atom is 0.228 e. The van der Waals surface area contributed by atoms with E-state index in [1.165, 1.54) is 0 Å². The topological polar surface area (TPSA) is 90.8 Å². The van der Waals surface area contributed by atoms with Crippen LogP contribution >= 0.6 is 0 Å². The molecule has 1 heterocycles. The summed E-state index contributed by atoms with van der Waals surface area (Å²) in [5.41, 5.74) is 12.6. The summed E-state index contributed by atoms with van der Waals surface area (Å²) < 4.78 is 6.00. The number of carbonyl (C=O) groups excluding carboxylic acids is 1. The average molecular weight is 411 g/mol. The van der Waals surface area contributed by atoms with Gasteiger partial charge in [0.1, 0.15) is 5.75 Å². The van der Waals surface area contributed by atoms with Gasteiger partial charge in [-0.1, -0.05) is 48.5 Å². The second-order valence-corrected chi connectivity index (χ2v) is 7.18. The fourth-order valence-corrected chi connectivity index (χ4v) is 3.32. The molecular weight excluding hydrogens is 388 g/mol. The van der Waals surface area contributed by atoms with Crippen LogP contribution in [0.15, 0.2) is 85.3 Å². The van der Waals surface area contributed by atoms with E-state index in [-0.39, 0.29) is 12.3 Å². The molecule has 156 valence electrons. The highest BCUT2D eigenvalue weighted by Gasteiger charge is 2.07. The highest BCUT2D eigenvalue weighted by molar-refractivity contribution is 5.92. The Balaban J connectivity index is 1.29. The predicted octanol–water partition coefficient (Wildman–Crippen LogP) is 5.56. The molecule has 31 heavy (non-hydrogen) atoms. The van der Waals surface area contributed by atoms with Crippen LogP contribution in [-0.4, -0.2) is 22.5 Å². The third kappa shape index (κ3) is 5.51. The Labute approximate surface area is 181 Å². The summed E-state index contributed by atoms with van der Waals surface area (Å²) in [6, 6.07) is 22.7. The van der Waals surface area contributed by atoms with Gasteiger partial charge in [-0.3, -0.25) is 4.79 Å². The Hall–Kier alpha value is -4.06. The van der Waals surface area contributed by atoms with Crippen molar-refractivity contribution < 1.29 is 9.53 Å².